The highest BCUT2D eigenvalue weighted by atomic mass is 32.1. The lowest BCUT2D eigenvalue weighted by Crippen LogP contribution is -2.27. The number of Topliss-reactive ketones (excluding diaryl/α,β-unsaturated/α-hetero) is 1. The van der Waals surface area contributed by atoms with Gasteiger partial charge in [0, 0.05) is 17.3 Å². The van der Waals surface area contributed by atoms with Crippen molar-refractivity contribution in [2.24, 2.45) is 5.92 Å². The summed E-state index contributed by atoms with van der Waals surface area (Å²) in [6.07, 6.45) is 0.478. The number of nitrogens with one attached hydrogen (secondary N) is 1. The monoisotopic (exact) mass is 240 g/mol. The first-order chi connectivity index (χ1) is 7.54. The number of aryl methyl sites for hydroxylation is 2. The maximum Gasteiger partial charge on any atom is 0.143 e. The Kier molecular flexibility index (Phi) is 5.09. The Hall–Kier alpha value is -0.740. The van der Waals surface area contributed by atoms with Crippen molar-refractivity contribution in [3.05, 3.63) is 15.6 Å². The molecule has 0 amide bonds. The van der Waals surface area contributed by atoms with Gasteiger partial charge in [0.2, 0.25) is 0 Å². The minimum absolute atomic E-state index is 0.0736. The summed E-state index contributed by atoms with van der Waals surface area (Å²) in [7, 11) is 0. The van der Waals surface area contributed by atoms with E-state index in [2.05, 4.69) is 10.3 Å². The summed E-state index contributed by atoms with van der Waals surface area (Å²) in [6, 6.07) is 0. The number of carbonyl (C=O) groups is 1. The van der Waals surface area contributed by atoms with Gasteiger partial charge in [-0.2, -0.15) is 0 Å². The molecule has 0 fully saturated rings. The van der Waals surface area contributed by atoms with E-state index >= 15 is 0 Å². The molecule has 0 saturated carbocycles. The summed E-state index contributed by atoms with van der Waals surface area (Å²) in [5, 5.41) is 4.14. The van der Waals surface area contributed by atoms with Crippen molar-refractivity contribution >= 4 is 17.1 Å². The van der Waals surface area contributed by atoms with Crippen LogP contribution in [0.1, 0.15) is 29.4 Å². The van der Waals surface area contributed by atoms with Crippen molar-refractivity contribution in [2.45, 2.75) is 34.1 Å². The molecule has 1 N–H and O–H groups in total. The maximum absolute atomic E-state index is 11.9. The van der Waals surface area contributed by atoms with Crippen LogP contribution in [-0.4, -0.2) is 23.9 Å². The molecule has 0 aliphatic carbocycles. The Balaban J connectivity index is 2.50. The molecule has 0 saturated heterocycles. The smallest absolute Gasteiger partial charge is 0.143 e. The molecule has 1 aromatic heterocycles. The van der Waals surface area contributed by atoms with Gasteiger partial charge < -0.3 is 5.32 Å². The summed E-state index contributed by atoms with van der Waals surface area (Å²) in [4.78, 5) is 17.5. The first-order valence-corrected chi connectivity index (χ1v) is 6.52. The predicted octanol–water partition coefficient (Wildman–Crippen LogP) is 2.12. The van der Waals surface area contributed by atoms with Crippen molar-refractivity contribution in [1.82, 2.24) is 10.3 Å². The zero-order valence-corrected chi connectivity index (χ0v) is 11.3. The van der Waals surface area contributed by atoms with E-state index in [4.69, 9.17) is 0 Å². The predicted molar refractivity (Wildman–Crippen MR) is 68.0 cm³/mol. The van der Waals surface area contributed by atoms with Crippen LogP contribution in [0.15, 0.2) is 0 Å². The van der Waals surface area contributed by atoms with Crippen LogP contribution < -0.4 is 5.32 Å². The minimum atomic E-state index is 0.0736. The number of thiazole rings is 1. The largest absolute Gasteiger partial charge is 0.316 e. The molecule has 0 bridgehead atoms. The van der Waals surface area contributed by atoms with Crippen LogP contribution in [0.5, 0.6) is 0 Å². The second kappa shape index (κ2) is 6.11. The molecule has 0 aliphatic heterocycles. The highest BCUT2D eigenvalue weighted by molar-refractivity contribution is 7.11. The number of carbonyl (C=O) groups excluding carboxylic acids is 1. The highest BCUT2D eigenvalue weighted by Crippen LogP contribution is 2.17. The number of hydrogen-bond donors (Lipinski definition) is 1. The maximum atomic E-state index is 11.9. The zero-order chi connectivity index (χ0) is 12.1. The molecular formula is C12H20N2OS. The zero-order valence-electron chi connectivity index (χ0n) is 10.5. The Morgan fingerprint density at radius 3 is 2.69 bits per heavy atom. The fourth-order valence-electron chi connectivity index (χ4n) is 1.41. The van der Waals surface area contributed by atoms with E-state index in [1.165, 1.54) is 4.88 Å². The molecule has 90 valence electrons. The highest BCUT2D eigenvalue weighted by Gasteiger charge is 2.15. The number of ketones is 1. The molecule has 0 aliphatic rings. The van der Waals surface area contributed by atoms with Crippen LogP contribution in [0.3, 0.4) is 0 Å². The number of nitrogens with zero attached hydrogens (tertiary/aromatic N) is 1. The molecule has 1 unspecified atom stereocenters. The molecule has 16 heavy (non-hydrogen) atoms. The van der Waals surface area contributed by atoms with Crippen LogP contribution in [0.2, 0.25) is 0 Å². The van der Waals surface area contributed by atoms with Crippen LogP contribution in [0, 0.1) is 19.8 Å². The van der Waals surface area contributed by atoms with E-state index < -0.39 is 0 Å². The van der Waals surface area contributed by atoms with Crippen molar-refractivity contribution in [1.29, 1.82) is 0 Å². The second-order valence-electron chi connectivity index (χ2n) is 4.10. The van der Waals surface area contributed by atoms with Gasteiger partial charge in [0.05, 0.1) is 12.1 Å². The molecule has 0 radical (unpaired) electrons. The van der Waals surface area contributed by atoms with E-state index in [-0.39, 0.29) is 11.7 Å². The van der Waals surface area contributed by atoms with Crippen molar-refractivity contribution in [2.75, 3.05) is 13.1 Å². The Morgan fingerprint density at radius 1 is 1.50 bits per heavy atom. The molecular weight excluding hydrogens is 220 g/mol. The van der Waals surface area contributed by atoms with Crippen molar-refractivity contribution < 1.29 is 4.79 Å². The lowest BCUT2D eigenvalue weighted by atomic mass is 10.0. The summed E-state index contributed by atoms with van der Waals surface area (Å²) in [5.74, 6) is 0.346. The van der Waals surface area contributed by atoms with Crippen LogP contribution in [-0.2, 0) is 11.2 Å². The van der Waals surface area contributed by atoms with Gasteiger partial charge in [-0.25, -0.2) is 4.98 Å². The van der Waals surface area contributed by atoms with Gasteiger partial charge in [0.15, 0.2) is 0 Å². The summed E-state index contributed by atoms with van der Waals surface area (Å²) in [6.45, 7) is 9.72. The third kappa shape index (κ3) is 3.68. The standard InChI is InChI=1S/C12H20N2OS/c1-5-13-7-8(2)11(15)6-12-14-9(3)10(4)16-12/h8,13H,5-7H2,1-4H3. The average molecular weight is 240 g/mol. The van der Waals surface area contributed by atoms with Gasteiger partial charge in [-0.1, -0.05) is 13.8 Å². The Labute approximate surface area is 101 Å². The Bertz CT molecular complexity index is 340. The number of aromatic nitrogens is 1. The summed E-state index contributed by atoms with van der Waals surface area (Å²) >= 11 is 1.63. The minimum Gasteiger partial charge on any atom is -0.316 e. The lowest BCUT2D eigenvalue weighted by molar-refractivity contribution is -0.121. The van der Waals surface area contributed by atoms with Gasteiger partial charge in [-0.3, -0.25) is 4.79 Å². The van der Waals surface area contributed by atoms with Crippen LogP contribution in [0.25, 0.3) is 0 Å². The van der Waals surface area contributed by atoms with E-state index in [0.29, 0.717) is 6.42 Å². The molecule has 0 spiro atoms. The van der Waals surface area contributed by atoms with Crippen LogP contribution in [0.4, 0.5) is 0 Å². The topological polar surface area (TPSA) is 42.0 Å². The lowest BCUT2D eigenvalue weighted by Gasteiger charge is -2.09. The Morgan fingerprint density at radius 2 is 2.19 bits per heavy atom. The number of hydrogen-bond acceptors (Lipinski definition) is 4. The van der Waals surface area contributed by atoms with E-state index in [9.17, 15) is 4.79 Å². The first-order valence-electron chi connectivity index (χ1n) is 5.71. The molecule has 3 nitrogen and oxygen atoms in total. The molecule has 1 rings (SSSR count). The third-order valence-corrected chi connectivity index (χ3v) is 3.72. The quantitative estimate of drug-likeness (QED) is 0.828. The fourth-order valence-corrected chi connectivity index (χ4v) is 2.36. The van der Waals surface area contributed by atoms with Gasteiger partial charge in [0.25, 0.3) is 0 Å². The van der Waals surface area contributed by atoms with E-state index in [0.717, 1.165) is 23.8 Å². The van der Waals surface area contributed by atoms with Gasteiger partial charge in [-0.15, -0.1) is 11.3 Å². The summed E-state index contributed by atoms with van der Waals surface area (Å²) in [5.41, 5.74) is 1.05. The van der Waals surface area contributed by atoms with E-state index in [1.54, 1.807) is 11.3 Å². The molecule has 1 atom stereocenters. The van der Waals surface area contributed by atoms with Gasteiger partial charge in [-0.05, 0) is 20.4 Å². The van der Waals surface area contributed by atoms with Gasteiger partial charge in [0.1, 0.15) is 10.8 Å². The van der Waals surface area contributed by atoms with Crippen molar-refractivity contribution in [3.63, 3.8) is 0 Å². The normalized spacial score (nSPS) is 12.8. The summed E-state index contributed by atoms with van der Waals surface area (Å²) < 4.78 is 0. The second-order valence-corrected chi connectivity index (χ2v) is 5.39. The van der Waals surface area contributed by atoms with E-state index in [1.807, 2.05) is 27.7 Å². The van der Waals surface area contributed by atoms with Crippen LogP contribution >= 0.6 is 11.3 Å². The van der Waals surface area contributed by atoms with Gasteiger partial charge >= 0.3 is 0 Å². The SMILES string of the molecule is CCNCC(C)C(=O)Cc1nc(C)c(C)s1. The molecule has 0 aromatic carbocycles. The molecule has 4 heteroatoms. The third-order valence-electron chi connectivity index (χ3n) is 2.65. The molecule has 1 heterocycles. The van der Waals surface area contributed by atoms with Crippen molar-refractivity contribution in [3.8, 4) is 0 Å². The first kappa shape index (κ1) is 13.3. The molecule has 1 aromatic rings. The fraction of sp³-hybridized carbons (Fsp3) is 0.667. The number of rotatable bonds is 6. The average Bonchev–Trinajstić information content (AvgIpc) is 2.54.